The summed E-state index contributed by atoms with van der Waals surface area (Å²) >= 11 is 0. The van der Waals surface area contributed by atoms with E-state index in [0.717, 1.165) is 5.56 Å². The summed E-state index contributed by atoms with van der Waals surface area (Å²) < 4.78 is 0. The van der Waals surface area contributed by atoms with Crippen LogP contribution in [0.3, 0.4) is 0 Å². The molecule has 0 saturated carbocycles. The quantitative estimate of drug-likeness (QED) is 0.838. The third-order valence-electron chi connectivity index (χ3n) is 2.12. The lowest BCUT2D eigenvalue weighted by atomic mass is 10.2. The molecule has 16 heavy (non-hydrogen) atoms. The highest BCUT2D eigenvalue weighted by Crippen LogP contribution is 1.98. The van der Waals surface area contributed by atoms with Gasteiger partial charge in [0.05, 0.1) is 0 Å². The number of aromatic nitrogens is 2. The molecule has 2 aromatic rings. The van der Waals surface area contributed by atoms with Crippen molar-refractivity contribution in [1.82, 2.24) is 15.3 Å². The van der Waals surface area contributed by atoms with Crippen molar-refractivity contribution in [2.75, 3.05) is 0 Å². The topological polar surface area (TPSA) is 54.9 Å². The molecule has 0 bridgehead atoms. The van der Waals surface area contributed by atoms with Crippen molar-refractivity contribution >= 4 is 5.91 Å². The molecule has 0 fully saturated rings. The highest BCUT2D eigenvalue weighted by molar-refractivity contribution is 5.93. The fourth-order valence-corrected chi connectivity index (χ4v) is 1.29. The van der Waals surface area contributed by atoms with E-state index in [4.69, 9.17) is 0 Å². The van der Waals surface area contributed by atoms with Crippen LogP contribution >= 0.6 is 0 Å². The van der Waals surface area contributed by atoms with Gasteiger partial charge in [-0.05, 0) is 23.8 Å². The van der Waals surface area contributed by atoms with Gasteiger partial charge < -0.3 is 5.32 Å². The molecule has 4 nitrogen and oxygen atoms in total. The summed E-state index contributed by atoms with van der Waals surface area (Å²) in [6.07, 6.45) is 6.62. The third-order valence-corrected chi connectivity index (χ3v) is 2.12. The predicted octanol–water partition coefficient (Wildman–Crippen LogP) is 1.41. The van der Waals surface area contributed by atoms with Crippen LogP contribution in [0, 0.1) is 0 Å². The largest absolute Gasteiger partial charge is 0.348 e. The molecule has 0 spiro atoms. The average molecular weight is 213 g/mol. The Bertz CT molecular complexity index is 456. The summed E-state index contributed by atoms with van der Waals surface area (Å²) in [6.45, 7) is 0.481. The normalized spacial score (nSPS) is 9.75. The monoisotopic (exact) mass is 213 g/mol. The first-order valence-corrected chi connectivity index (χ1v) is 4.93. The van der Waals surface area contributed by atoms with Crippen LogP contribution in [0.25, 0.3) is 0 Å². The molecule has 2 aromatic heterocycles. The van der Waals surface area contributed by atoms with Gasteiger partial charge in [-0.1, -0.05) is 6.07 Å². The van der Waals surface area contributed by atoms with E-state index in [2.05, 4.69) is 15.3 Å². The zero-order valence-electron chi connectivity index (χ0n) is 8.63. The van der Waals surface area contributed by atoms with Crippen molar-refractivity contribution in [3.05, 3.63) is 60.2 Å². The molecule has 4 heteroatoms. The van der Waals surface area contributed by atoms with Crippen LogP contribution in [0.2, 0.25) is 0 Å². The molecule has 0 aliphatic rings. The molecular weight excluding hydrogens is 202 g/mol. The second kappa shape index (κ2) is 5.02. The highest BCUT2D eigenvalue weighted by atomic mass is 16.1. The Morgan fingerprint density at radius 3 is 2.62 bits per heavy atom. The van der Waals surface area contributed by atoms with Gasteiger partial charge in [-0.3, -0.25) is 14.8 Å². The first-order valence-electron chi connectivity index (χ1n) is 4.93. The van der Waals surface area contributed by atoms with Crippen LogP contribution < -0.4 is 5.32 Å². The number of carbonyl (C=O) groups is 1. The maximum absolute atomic E-state index is 11.7. The van der Waals surface area contributed by atoms with Crippen molar-refractivity contribution < 1.29 is 4.79 Å². The van der Waals surface area contributed by atoms with Crippen molar-refractivity contribution in [1.29, 1.82) is 0 Å². The minimum absolute atomic E-state index is 0.105. The van der Waals surface area contributed by atoms with Gasteiger partial charge >= 0.3 is 0 Å². The molecule has 0 radical (unpaired) electrons. The zero-order valence-corrected chi connectivity index (χ0v) is 8.63. The van der Waals surface area contributed by atoms with Crippen LogP contribution in [-0.2, 0) is 6.54 Å². The van der Waals surface area contributed by atoms with Crippen molar-refractivity contribution in [3.63, 3.8) is 0 Å². The number of carbonyl (C=O) groups excluding carboxylic acids is 1. The minimum Gasteiger partial charge on any atom is -0.348 e. The molecule has 0 atom stereocenters. The van der Waals surface area contributed by atoms with Crippen molar-refractivity contribution in [2.45, 2.75) is 6.54 Å². The Morgan fingerprint density at radius 2 is 1.94 bits per heavy atom. The zero-order chi connectivity index (χ0) is 11.2. The summed E-state index contributed by atoms with van der Waals surface area (Å²) in [6, 6.07) is 7.12. The Hall–Kier alpha value is -2.23. The predicted molar refractivity (Wildman–Crippen MR) is 59.6 cm³/mol. The summed E-state index contributed by atoms with van der Waals surface area (Å²) in [4.78, 5) is 19.5. The molecule has 0 unspecified atom stereocenters. The van der Waals surface area contributed by atoms with E-state index in [1.807, 2.05) is 12.1 Å². The maximum Gasteiger partial charge on any atom is 0.251 e. The van der Waals surface area contributed by atoms with Crippen LogP contribution in [-0.4, -0.2) is 15.9 Å². The van der Waals surface area contributed by atoms with Crippen LogP contribution in [0.1, 0.15) is 15.9 Å². The molecule has 0 aliphatic carbocycles. The molecule has 0 saturated heterocycles. The van der Waals surface area contributed by atoms with Crippen molar-refractivity contribution in [2.24, 2.45) is 0 Å². The number of hydrogen-bond donors (Lipinski definition) is 1. The summed E-state index contributed by atoms with van der Waals surface area (Å²) in [5.74, 6) is -0.105. The van der Waals surface area contributed by atoms with E-state index in [0.29, 0.717) is 12.1 Å². The number of pyridine rings is 2. The Balaban J connectivity index is 1.95. The van der Waals surface area contributed by atoms with E-state index >= 15 is 0 Å². The number of nitrogens with zero attached hydrogens (tertiary/aromatic N) is 2. The minimum atomic E-state index is -0.105. The summed E-state index contributed by atoms with van der Waals surface area (Å²) in [5, 5.41) is 2.81. The smallest absolute Gasteiger partial charge is 0.251 e. The van der Waals surface area contributed by atoms with E-state index in [9.17, 15) is 4.79 Å². The number of amides is 1. The number of nitrogens with one attached hydrogen (secondary N) is 1. The van der Waals surface area contributed by atoms with E-state index in [1.165, 1.54) is 0 Å². The van der Waals surface area contributed by atoms with Gasteiger partial charge in [0.25, 0.3) is 5.91 Å². The van der Waals surface area contributed by atoms with Gasteiger partial charge in [-0.15, -0.1) is 0 Å². The fraction of sp³-hybridized carbons (Fsp3) is 0.0833. The SMILES string of the molecule is O=C(NCc1cccnc1)c1ccncc1. The van der Waals surface area contributed by atoms with E-state index in [1.54, 1.807) is 36.9 Å². The summed E-state index contributed by atoms with van der Waals surface area (Å²) in [7, 11) is 0. The average Bonchev–Trinajstić information content (AvgIpc) is 2.38. The second-order valence-corrected chi connectivity index (χ2v) is 3.28. The van der Waals surface area contributed by atoms with Gasteiger partial charge in [-0.25, -0.2) is 0 Å². The standard InChI is InChI=1S/C12H11N3O/c16-12(11-3-6-13-7-4-11)15-9-10-2-1-5-14-8-10/h1-8H,9H2,(H,15,16). The molecule has 1 N–H and O–H groups in total. The van der Waals surface area contributed by atoms with Crippen LogP contribution in [0.5, 0.6) is 0 Å². The van der Waals surface area contributed by atoms with Gasteiger partial charge in [0, 0.05) is 36.9 Å². The number of rotatable bonds is 3. The van der Waals surface area contributed by atoms with Gasteiger partial charge in [-0.2, -0.15) is 0 Å². The van der Waals surface area contributed by atoms with Gasteiger partial charge in [0.15, 0.2) is 0 Å². The van der Waals surface area contributed by atoms with E-state index in [-0.39, 0.29) is 5.91 Å². The molecule has 80 valence electrons. The first kappa shape index (κ1) is 10.3. The Morgan fingerprint density at radius 1 is 1.12 bits per heavy atom. The third kappa shape index (κ3) is 2.63. The van der Waals surface area contributed by atoms with Gasteiger partial charge in [0.2, 0.25) is 0 Å². The molecule has 0 aliphatic heterocycles. The lowest BCUT2D eigenvalue weighted by Crippen LogP contribution is -2.22. The molecule has 2 rings (SSSR count). The van der Waals surface area contributed by atoms with Crippen LogP contribution in [0.15, 0.2) is 49.1 Å². The fourth-order valence-electron chi connectivity index (χ4n) is 1.29. The Labute approximate surface area is 93.4 Å². The van der Waals surface area contributed by atoms with E-state index < -0.39 is 0 Å². The molecule has 1 amide bonds. The number of hydrogen-bond acceptors (Lipinski definition) is 3. The lowest BCUT2D eigenvalue weighted by molar-refractivity contribution is 0.0951. The highest BCUT2D eigenvalue weighted by Gasteiger charge is 2.03. The maximum atomic E-state index is 11.7. The lowest BCUT2D eigenvalue weighted by Gasteiger charge is -2.04. The summed E-state index contributed by atoms with van der Waals surface area (Å²) in [5.41, 5.74) is 1.59. The Kier molecular flexibility index (Phi) is 3.23. The molecule has 0 aromatic carbocycles. The first-order chi connectivity index (χ1) is 7.86. The second-order valence-electron chi connectivity index (χ2n) is 3.28. The molecule has 2 heterocycles. The van der Waals surface area contributed by atoms with Crippen LogP contribution in [0.4, 0.5) is 0 Å². The molecular formula is C12H11N3O. The van der Waals surface area contributed by atoms with Crippen molar-refractivity contribution in [3.8, 4) is 0 Å². The van der Waals surface area contributed by atoms with Gasteiger partial charge in [0.1, 0.15) is 0 Å².